The number of allylic oxidation sites excluding steroid dienone is 10. The van der Waals surface area contributed by atoms with Crippen LogP contribution in [0.4, 0.5) is 0 Å². The summed E-state index contributed by atoms with van der Waals surface area (Å²) in [5, 5.41) is 30.2. The minimum absolute atomic E-state index is 0.0425. The molecular formula is C48H61N7O12. The van der Waals surface area contributed by atoms with Crippen molar-refractivity contribution < 1.29 is 58.1 Å². The minimum Gasteiger partial charge on any atom is -0.510 e. The number of likely N-dealkylation sites (N-methyl/N-ethyl adjacent to an activating group) is 1. The molecule has 7 amide bonds. The second kappa shape index (κ2) is 25.5. The third-order valence-electron chi connectivity index (χ3n) is 11.5. The van der Waals surface area contributed by atoms with E-state index in [2.05, 4.69) is 21.3 Å². The second-order valence-electron chi connectivity index (χ2n) is 16.5. The molecule has 0 radical (unpaired) electrons. The average molecular weight is 928 g/mol. The lowest BCUT2D eigenvalue weighted by Crippen LogP contribution is -2.59. The van der Waals surface area contributed by atoms with Gasteiger partial charge in [-0.3, -0.25) is 38.4 Å². The van der Waals surface area contributed by atoms with Crippen LogP contribution < -0.4 is 21.3 Å². The van der Waals surface area contributed by atoms with E-state index < -0.39 is 90.2 Å². The summed E-state index contributed by atoms with van der Waals surface area (Å²) in [5.74, 6) is -5.29. The summed E-state index contributed by atoms with van der Waals surface area (Å²) in [4.78, 5) is 121. The molecule has 67 heavy (non-hydrogen) atoms. The number of hydrogen-bond donors (Lipinski definition) is 6. The van der Waals surface area contributed by atoms with Gasteiger partial charge in [0.1, 0.15) is 47.7 Å². The average Bonchev–Trinajstić information content (AvgIpc) is 4.05. The number of ether oxygens (including phenoxy) is 1. The predicted molar refractivity (Wildman–Crippen MR) is 245 cm³/mol. The standard InChI is InChI=1S/C48H61N7O12/c1-30-26-37(48(66)67-5)55(28-30)45(63)31(2)49-43(61)32(3)53(4)47(65)36-20-17-25-54(36)46(64)35(29-56)51-44(62)34(27-33-18-13-12-14-19-33)50-40(59)21-15-10-8-6-7-9-11-16-22-41(60)52-42-38(57)23-24-39(42)58/h6-16,18-19,21-22,30-32,34-37,56-57H,17,20,23-29H2,1-5H3,(H,49,61)(H,50,59)(H,51,62)(H,52,60)/b7-6+,10-8+,11-9+,21-15+,22-16+/t30-,31+,32+,34+,35+,36+,37+/m1/s1. The highest BCUT2D eigenvalue weighted by Gasteiger charge is 2.43. The SMILES string of the molecule is COC(=O)[C@@H]1C[C@@H](C)CN1C(=O)[C@H](C)NC(=O)[C@H](C)N(C)C(=O)[C@@H]1CCCN1C(=O)[C@H](CO)NC(=O)[C@H](Cc1ccccc1)NC(=O)/C=C/C=C/C=C/C=C/C=C/C(=O)NC1=C(O)CCC1=O. The molecule has 0 aromatic heterocycles. The van der Waals surface area contributed by atoms with E-state index >= 15 is 0 Å². The number of nitrogens with one attached hydrogen (secondary N) is 4. The smallest absolute Gasteiger partial charge is 0.328 e. The number of ketones is 1. The molecule has 0 spiro atoms. The number of nitrogens with zero attached hydrogens (tertiary/aromatic N) is 3. The lowest BCUT2D eigenvalue weighted by atomic mass is 10.0. The van der Waals surface area contributed by atoms with Crippen LogP contribution in [0.15, 0.2) is 103 Å². The van der Waals surface area contributed by atoms with Crippen LogP contribution in [0.2, 0.25) is 0 Å². The summed E-state index contributed by atoms with van der Waals surface area (Å²) in [6.45, 7) is 4.51. The number of hydrogen-bond acceptors (Lipinski definition) is 12. The molecule has 2 saturated heterocycles. The first-order chi connectivity index (χ1) is 32.0. The number of benzene rings is 1. The van der Waals surface area contributed by atoms with Crippen molar-refractivity contribution >= 4 is 53.1 Å². The van der Waals surface area contributed by atoms with Gasteiger partial charge in [0.15, 0.2) is 5.78 Å². The normalized spacial score (nSPS) is 20.4. The van der Waals surface area contributed by atoms with E-state index in [1.165, 1.54) is 67.0 Å². The zero-order chi connectivity index (χ0) is 49.2. The van der Waals surface area contributed by atoms with Crippen molar-refractivity contribution in [1.82, 2.24) is 36.0 Å². The first-order valence-electron chi connectivity index (χ1n) is 22.1. The molecule has 6 N–H and O–H groups in total. The number of amides is 7. The van der Waals surface area contributed by atoms with Gasteiger partial charge in [-0.25, -0.2) is 4.79 Å². The van der Waals surface area contributed by atoms with Gasteiger partial charge in [0.25, 0.3) is 0 Å². The number of aliphatic hydroxyl groups is 2. The summed E-state index contributed by atoms with van der Waals surface area (Å²) in [6.07, 6.45) is 16.5. The molecule has 0 bridgehead atoms. The van der Waals surface area contributed by atoms with Crippen molar-refractivity contribution in [3.05, 3.63) is 108 Å². The van der Waals surface area contributed by atoms with Crippen molar-refractivity contribution in [2.45, 2.75) is 95.5 Å². The summed E-state index contributed by atoms with van der Waals surface area (Å²) >= 11 is 0. The van der Waals surface area contributed by atoms with Gasteiger partial charge < -0.3 is 50.9 Å². The molecule has 1 aromatic rings. The number of rotatable bonds is 20. The minimum atomic E-state index is -1.47. The van der Waals surface area contributed by atoms with Crippen molar-refractivity contribution in [3.8, 4) is 0 Å². The maximum atomic E-state index is 13.9. The Morgan fingerprint density at radius 3 is 2.03 bits per heavy atom. The number of aliphatic hydroxyl groups excluding tert-OH is 2. The largest absolute Gasteiger partial charge is 0.510 e. The summed E-state index contributed by atoms with van der Waals surface area (Å²) in [5.41, 5.74) is 0.621. The highest BCUT2D eigenvalue weighted by Crippen LogP contribution is 2.25. The molecule has 0 saturated carbocycles. The number of carbonyl (C=O) groups is 9. The fourth-order valence-electron chi connectivity index (χ4n) is 7.74. The number of Topliss-reactive ketones (excluding diaryl/α,β-unsaturated/α-hetero) is 1. The maximum absolute atomic E-state index is 13.9. The molecule has 1 aliphatic carbocycles. The van der Waals surface area contributed by atoms with Crippen LogP contribution in [-0.2, 0) is 54.3 Å². The zero-order valence-electron chi connectivity index (χ0n) is 38.4. The van der Waals surface area contributed by atoms with Gasteiger partial charge in [0.2, 0.25) is 41.4 Å². The first kappa shape index (κ1) is 52.5. The van der Waals surface area contributed by atoms with E-state index in [1.807, 2.05) is 6.92 Å². The zero-order valence-corrected chi connectivity index (χ0v) is 38.4. The molecule has 2 fully saturated rings. The topological polar surface area (TPSA) is 261 Å². The monoisotopic (exact) mass is 927 g/mol. The van der Waals surface area contributed by atoms with Crippen LogP contribution in [0.1, 0.15) is 58.4 Å². The number of methoxy groups -OCH3 is 1. The van der Waals surface area contributed by atoms with Gasteiger partial charge in [-0.15, -0.1) is 0 Å². The second-order valence-corrected chi connectivity index (χ2v) is 16.5. The maximum Gasteiger partial charge on any atom is 0.328 e. The Bertz CT molecular complexity index is 2200. The Hall–Kier alpha value is -7.15. The Kier molecular flexibility index (Phi) is 20.0. The fourth-order valence-corrected chi connectivity index (χ4v) is 7.74. The molecule has 1 aromatic carbocycles. The van der Waals surface area contributed by atoms with Crippen LogP contribution in [0.5, 0.6) is 0 Å². The Morgan fingerprint density at radius 1 is 0.806 bits per heavy atom. The molecule has 4 rings (SSSR count). The molecule has 19 nitrogen and oxygen atoms in total. The van der Waals surface area contributed by atoms with E-state index in [0.29, 0.717) is 24.9 Å². The quantitative estimate of drug-likeness (QED) is 0.0608. The van der Waals surface area contributed by atoms with E-state index in [0.717, 1.165) is 0 Å². The van der Waals surface area contributed by atoms with Crippen molar-refractivity contribution in [2.75, 3.05) is 33.9 Å². The van der Waals surface area contributed by atoms with Gasteiger partial charge in [-0.2, -0.15) is 0 Å². The molecule has 0 unspecified atom stereocenters. The summed E-state index contributed by atoms with van der Waals surface area (Å²) in [7, 11) is 2.64. The Morgan fingerprint density at radius 2 is 1.43 bits per heavy atom. The fraction of sp³-hybridized carbons (Fsp3) is 0.438. The number of esters is 1. The van der Waals surface area contributed by atoms with Crippen LogP contribution in [0, 0.1) is 5.92 Å². The molecule has 360 valence electrons. The van der Waals surface area contributed by atoms with Crippen LogP contribution >= 0.6 is 0 Å². The van der Waals surface area contributed by atoms with E-state index in [9.17, 15) is 53.4 Å². The van der Waals surface area contributed by atoms with Gasteiger partial charge in [0.05, 0.1) is 13.7 Å². The summed E-state index contributed by atoms with van der Waals surface area (Å²) in [6, 6.07) is 2.31. The molecule has 2 aliphatic heterocycles. The third kappa shape index (κ3) is 14.9. The van der Waals surface area contributed by atoms with Gasteiger partial charge >= 0.3 is 5.97 Å². The van der Waals surface area contributed by atoms with Crippen LogP contribution in [-0.4, -0.2) is 148 Å². The van der Waals surface area contributed by atoms with Crippen molar-refractivity contribution in [1.29, 1.82) is 0 Å². The molecular weight excluding hydrogens is 867 g/mol. The first-order valence-corrected chi connectivity index (χ1v) is 22.1. The lowest BCUT2D eigenvalue weighted by molar-refractivity contribution is -0.152. The molecule has 3 aliphatic rings. The van der Waals surface area contributed by atoms with Gasteiger partial charge in [-0.05, 0) is 44.6 Å². The number of likely N-dealkylation sites (tertiary alicyclic amines) is 2. The summed E-state index contributed by atoms with van der Waals surface area (Å²) < 4.78 is 4.86. The van der Waals surface area contributed by atoms with E-state index in [-0.39, 0.29) is 55.4 Å². The third-order valence-corrected chi connectivity index (χ3v) is 11.5. The van der Waals surface area contributed by atoms with Gasteiger partial charge in [0, 0.05) is 51.6 Å². The Labute approximate surface area is 389 Å². The van der Waals surface area contributed by atoms with Crippen molar-refractivity contribution in [2.24, 2.45) is 5.92 Å². The van der Waals surface area contributed by atoms with Gasteiger partial charge in [-0.1, -0.05) is 85.9 Å². The molecule has 2 heterocycles. The van der Waals surface area contributed by atoms with Crippen molar-refractivity contribution in [3.63, 3.8) is 0 Å². The Balaban J connectivity index is 1.32. The van der Waals surface area contributed by atoms with Crippen LogP contribution in [0.25, 0.3) is 0 Å². The molecule has 7 atom stereocenters. The predicted octanol–water partition coefficient (Wildman–Crippen LogP) is 0.973. The highest BCUT2D eigenvalue weighted by molar-refractivity contribution is 6.03. The highest BCUT2D eigenvalue weighted by atomic mass is 16.5. The van der Waals surface area contributed by atoms with E-state index in [4.69, 9.17) is 4.74 Å². The van der Waals surface area contributed by atoms with Crippen LogP contribution in [0.3, 0.4) is 0 Å². The lowest BCUT2D eigenvalue weighted by Gasteiger charge is -2.33. The van der Waals surface area contributed by atoms with E-state index in [1.54, 1.807) is 66.8 Å². The number of carbonyl (C=O) groups excluding carboxylic acids is 9. The molecule has 19 heteroatoms.